The van der Waals surface area contributed by atoms with Crippen molar-refractivity contribution in [1.82, 2.24) is 0 Å². The number of carbonyl (C=O) groups is 1. The van der Waals surface area contributed by atoms with Crippen molar-refractivity contribution in [3.05, 3.63) is 280 Å². The van der Waals surface area contributed by atoms with Crippen molar-refractivity contribution in [2.45, 2.75) is 10.8 Å². The molecule has 0 bridgehead atoms. The highest BCUT2D eigenvalue weighted by atomic mass is 16.2. The van der Waals surface area contributed by atoms with Crippen LogP contribution in [0.3, 0.4) is 0 Å². The van der Waals surface area contributed by atoms with Crippen LogP contribution in [0.15, 0.2) is 236 Å². The molecular formula is C61H37B2N3O. The van der Waals surface area contributed by atoms with E-state index in [9.17, 15) is 0 Å². The highest BCUT2D eigenvalue weighted by molar-refractivity contribution is 6.96. The molecule has 6 heteroatoms. The van der Waals surface area contributed by atoms with Gasteiger partial charge in [-0.1, -0.05) is 211 Å². The van der Waals surface area contributed by atoms with Crippen LogP contribution < -0.4 is 36.6 Å². The maximum absolute atomic E-state index is 15.8. The number of hydrogen-bond donors (Lipinski definition) is 0. The van der Waals surface area contributed by atoms with Gasteiger partial charge in [-0.05, 0) is 102 Å². The monoisotopic (exact) mass is 849 g/mol. The maximum atomic E-state index is 15.8. The number of benzene rings is 9. The van der Waals surface area contributed by atoms with Gasteiger partial charge in [-0.2, -0.15) is 0 Å². The lowest BCUT2D eigenvalue weighted by atomic mass is 9.27. The summed E-state index contributed by atoms with van der Waals surface area (Å²) in [6.07, 6.45) is 0. The van der Waals surface area contributed by atoms with E-state index < -0.39 is 10.8 Å². The van der Waals surface area contributed by atoms with E-state index in [1.54, 1.807) is 0 Å². The Bertz CT molecular complexity index is 3450. The number of carbonyl (C=O) groups excluding carboxylic acids is 1. The zero-order chi connectivity index (χ0) is 43.8. The molecule has 1 saturated heterocycles. The topological polar surface area (TPSA) is 26.8 Å². The largest absolute Gasteiger partial charge is 0.340 e. The summed E-state index contributed by atoms with van der Waals surface area (Å²) in [5, 5.41) is 0. The molecule has 9 aromatic carbocycles. The van der Waals surface area contributed by atoms with E-state index in [-0.39, 0.29) is 19.5 Å². The zero-order valence-electron chi connectivity index (χ0n) is 36.3. The van der Waals surface area contributed by atoms with Crippen molar-refractivity contribution < 1.29 is 4.79 Å². The van der Waals surface area contributed by atoms with E-state index in [2.05, 4.69) is 193 Å². The van der Waals surface area contributed by atoms with Crippen molar-refractivity contribution in [3.63, 3.8) is 0 Å². The van der Waals surface area contributed by atoms with Crippen LogP contribution in [-0.4, -0.2) is 19.5 Å². The van der Waals surface area contributed by atoms with Gasteiger partial charge in [0, 0.05) is 5.69 Å². The summed E-state index contributed by atoms with van der Waals surface area (Å²) in [5.41, 5.74) is 22.3. The van der Waals surface area contributed by atoms with Gasteiger partial charge in [0.05, 0.1) is 22.2 Å². The van der Waals surface area contributed by atoms with E-state index in [0.29, 0.717) is 0 Å². The molecule has 67 heavy (non-hydrogen) atoms. The predicted molar refractivity (Wildman–Crippen MR) is 273 cm³/mol. The number of fused-ring (bicyclic) bond motifs is 18. The highest BCUT2D eigenvalue weighted by Crippen LogP contribution is 2.62. The SMILES string of the molecule is O=C1N(c2ccccc2)C2=CB3c4ccccc4C4(c5ccccc5-c5ccccc54)c4cc5c6c(c43)N2C(=CB6c2ccccc2C52c3ccccc3-c3ccccc32)N1c1ccccc1. The number of amides is 2. The Labute approximate surface area is 389 Å². The predicted octanol–water partition coefficient (Wildman–Crippen LogP) is 10.00. The van der Waals surface area contributed by atoms with Gasteiger partial charge >= 0.3 is 6.03 Å². The molecule has 9 aromatic rings. The van der Waals surface area contributed by atoms with E-state index in [1.807, 2.05) is 46.2 Å². The first-order chi connectivity index (χ1) is 33.2. The summed E-state index contributed by atoms with van der Waals surface area (Å²) >= 11 is 0. The van der Waals surface area contributed by atoms with Crippen LogP contribution in [0.2, 0.25) is 0 Å². The Balaban J connectivity index is 1.14. The number of anilines is 3. The normalized spacial score (nSPS) is 17.0. The lowest BCUT2D eigenvalue weighted by Gasteiger charge is -2.56. The van der Waals surface area contributed by atoms with Gasteiger partial charge < -0.3 is 0 Å². The summed E-state index contributed by atoms with van der Waals surface area (Å²) in [5.74, 6) is 6.54. The lowest BCUT2D eigenvalue weighted by molar-refractivity contribution is 0.252. The minimum atomic E-state index is -0.636. The van der Waals surface area contributed by atoms with Gasteiger partial charge in [-0.25, -0.2) is 14.6 Å². The third-order valence-corrected chi connectivity index (χ3v) is 16.3. The third-order valence-electron chi connectivity index (χ3n) is 16.3. The average molecular weight is 850 g/mol. The molecule has 0 saturated carbocycles. The minimum absolute atomic E-state index is 0.104. The van der Waals surface area contributed by atoms with Crippen molar-refractivity contribution in [3.8, 4) is 22.3 Å². The Hall–Kier alpha value is -8.34. The maximum Gasteiger partial charge on any atom is 0.340 e. The van der Waals surface area contributed by atoms with E-state index >= 15 is 4.79 Å². The lowest BCUT2D eigenvalue weighted by Crippen LogP contribution is -2.70. The fraction of sp³-hybridized carbons (Fsp3) is 0.0328. The van der Waals surface area contributed by atoms with Crippen molar-refractivity contribution in [2.24, 2.45) is 0 Å². The van der Waals surface area contributed by atoms with Crippen LogP contribution in [-0.2, 0) is 10.8 Å². The number of urea groups is 1. The molecule has 1 fully saturated rings. The third kappa shape index (κ3) is 4.06. The zero-order valence-corrected chi connectivity index (χ0v) is 36.3. The molecule has 2 amide bonds. The molecule has 5 aliphatic heterocycles. The van der Waals surface area contributed by atoms with E-state index in [4.69, 9.17) is 0 Å². The van der Waals surface area contributed by atoms with Gasteiger partial charge in [-0.3, -0.25) is 4.90 Å². The van der Waals surface area contributed by atoms with Crippen LogP contribution in [0, 0.1) is 0 Å². The molecule has 16 rings (SSSR count). The summed E-state index contributed by atoms with van der Waals surface area (Å²) in [6.45, 7) is -0.302. The summed E-state index contributed by atoms with van der Waals surface area (Å²) in [6, 6.07) is 78.0. The summed E-state index contributed by atoms with van der Waals surface area (Å²) in [4.78, 5) is 22.2. The van der Waals surface area contributed by atoms with Crippen molar-refractivity contribution in [2.75, 3.05) is 14.7 Å². The second-order valence-electron chi connectivity index (χ2n) is 19.0. The fourth-order valence-corrected chi connectivity index (χ4v) is 14.1. The van der Waals surface area contributed by atoms with E-state index in [0.717, 1.165) is 23.0 Å². The first kappa shape index (κ1) is 35.9. The standard InChI is InChI=1S/C61H37B2N3O/c67-59-64(38-19-3-1-4-20-38)54-36-62-52-33-17-15-31-48(52)60(44-27-11-7-23-40(44)41-24-8-12-28-45(41)60)50-35-51-57-58(56(50)62)66(54)55(65(59)39-21-5-2-6-22-39)37-63(57)53-34-18-16-32-49(53)61(51)46-29-13-9-25-42(46)43-26-10-14-30-47(43)61/h1-37H. The number of rotatable bonds is 2. The molecule has 0 unspecified atom stereocenters. The number of para-hydroxylation sites is 2. The Morgan fingerprint density at radius 1 is 0.328 bits per heavy atom. The molecule has 7 aliphatic rings. The van der Waals surface area contributed by atoms with Gasteiger partial charge in [0.1, 0.15) is 11.6 Å². The first-order valence-corrected chi connectivity index (χ1v) is 23.5. The highest BCUT2D eigenvalue weighted by Gasteiger charge is 2.61. The van der Waals surface area contributed by atoms with Crippen LogP contribution in [0.25, 0.3) is 22.3 Å². The smallest absolute Gasteiger partial charge is 0.284 e. The summed E-state index contributed by atoms with van der Waals surface area (Å²) in [7, 11) is 0. The van der Waals surface area contributed by atoms with Crippen LogP contribution in [0.5, 0.6) is 0 Å². The Morgan fingerprint density at radius 2 is 0.657 bits per heavy atom. The molecular weight excluding hydrogens is 812 g/mol. The molecule has 2 spiro atoms. The Kier molecular flexibility index (Phi) is 6.71. The molecule has 0 radical (unpaired) electrons. The van der Waals surface area contributed by atoms with Gasteiger partial charge in [0.2, 0.25) is 13.4 Å². The number of hydrogen-bond acceptors (Lipinski definition) is 2. The molecule has 0 aromatic heterocycles. The van der Waals surface area contributed by atoms with E-state index in [1.165, 1.54) is 94.3 Å². The van der Waals surface area contributed by atoms with Crippen molar-refractivity contribution in [1.29, 1.82) is 0 Å². The molecule has 308 valence electrons. The summed E-state index contributed by atoms with van der Waals surface area (Å²) < 4.78 is 0. The molecule has 0 atom stereocenters. The molecule has 5 heterocycles. The van der Waals surface area contributed by atoms with Gasteiger partial charge in [0.25, 0.3) is 0 Å². The number of nitrogens with zero attached hydrogens (tertiary/aromatic N) is 3. The second kappa shape index (κ2) is 12.5. The van der Waals surface area contributed by atoms with Gasteiger partial charge in [0.15, 0.2) is 0 Å². The molecule has 4 nitrogen and oxygen atoms in total. The second-order valence-corrected chi connectivity index (χ2v) is 19.0. The van der Waals surface area contributed by atoms with Crippen LogP contribution in [0.1, 0.15) is 44.5 Å². The van der Waals surface area contributed by atoms with Gasteiger partial charge in [-0.15, -0.1) is 0 Å². The van der Waals surface area contributed by atoms with Crippen LogP contribution >= 0.6 is 0 Å². The van der Waals surface area contributed by atoms with Crippen molar-refractivity contribution >= 4 is 58.4 Å². The quantitative estimate of drug-likeness (QED) is 0.162. The Morgan fingerprint density at radius 3 is 1.04 bits per heavy atom. The fourth-order valence-electron chi connectivity index (χ4n) is 14.1. The molecule has 0 N–H and O–H groups in total. The minimum Gasteiger partial charge on any atom is -0.284 e. The molecule has 2 aliphatic carbocycles. The van der Waals surface area contributed by atoms with Crippen LogP contribution in [0.4, 0.5) is 21.9 Å². The average Bonchev–Trinajstić information content (AvgIpc) is 3.85. The first-order valence-electron chi connectivity index (χ1n) is 23.5.